The normalized spacial score (nSPS) is 12.0. The molecule has 0 fully saturated rings. The highest BCUT2D eigenvalue weighted by Gasteiger charge is 2.09. The summed E-state index contributed by atoms with van der Waals surface area (Å²) in [6, 6.07) is 16.0. The summed E-state index contributed by atoms with van der Waals surface area (Å²) in [5.41, 5.74) is 3.29. The summed E-state index contributed by atoms with van der Waals surface area (Å²) in [6.07, 6.45) is 1.11. The molecule has 4 nitrogen and oxygen atoms in total. The van der Waals surface area contributed by atoms with E-state index in [0.29, 0.717) is 19.0 Å². The second kappa shape index (κ2) is 9.23. The molecule has 2 rings (SSSR count). The Balaban J connectivity index is 1.84. The highest BCUT2D eigenvalue weighted by molar-refractivity contribution is 5.92. The molecule has 0 aliphatic heterocycles. The van der Waals surface area contributed by atoms with Crippen molar-refractivity contribution in [2.24, 2.45) is 0 Å². The zero-order valence-corrected chi connectivity index (χ0v) is 15.6. The number of hydrogen-bond donors (Lipinski definition) is 1. The molecule has 0 aliphatic rings. The number of amides is 1. The summed E-state index contributed by atoms with van der Waals surface area (Å²) in [6.45, 7) is 5.45. The fourth-order valence-electron chi connectivity index (χ4n) is 2.67. The van der Waals surface area contributed by atoms with Gasteiger partial charge in [0.25, 0.3) is 0 Å². The van der Waals surface area contributed by atoms with Crippen molar-refractivity contribution in [3.8, 4) is 5.75 Å². The second-order valence-electron chi connectivity index (χ2n) is 6.50. The first-order valence-electron chi connectivity index (χ1n) is 8.73. The van der Waals surface area contributed by atoms with E-state index in [9.17, 15) is 4.79 Å². The van der Waals surface area contributed by atoms with Gasteiger partial charge in [-0.15, -0.1) is 0 Å². The van der Waals surface area contributed by atoms with Gasteiger partial charge in [0.15, 0.2) is 0 Å². The predicted octanol–water partition coefficient (Wildman–Crippen LogP) is 4.28. The number of hydrogen-bond acceptors (Lipinski definition) is 3. The lowest BCUT2D eigenvalue weighted by Gasteiger charge is -2.17. The number of anilines is 1. The number of benzene rings is 2. The van der Waals surface area contributed by atoms with Gasteiger partial charge in [0.05, 0.1) is 13.7 Å². The quantitative estimate of drug-likeness (QED) is 0.780. The number of carbonyl (C=O) groups is 1. The van der Waals surface area contributed by atoms with Gasteiger partial charge in [0, 0.05) is 12.2 Å². The summed E-state index contributed by atoms with van der Waals surface area (Å²) < 4.78 is 5.16. The number of nitrogens with zero attached hydrogens (tertiary/aromatic N) is 1. The molecule has 0 aromatic heterocycles. The molecular formula is C21H28N2O2. The summed E-state index contributed by atoms with van der Waals surface area (Å²) in [7, 11) is 3.59. The smallest absolute Gasteiger partial charge is 0.238 e. The van der Waals surface area contributed by atoms with Gasteiger partial charge < -0.3 is 10.1 Å². The Morgan fingerprint density at radius 1 is 1.12 bits per heavy atom. The van der Waals surface area contributed by atoms with Crippen LogP contribution in [0.25, 0.3) is 0 Å². The molecule has 0 saturated carbocycles. The van der Waals surface area contributed by atoms with Crippen LogP contribution < -0.4 is 10.1 Å². The molecule has 1 atom stereocenters. The van der Waals surface area contributed by atoms with E-state index in [1.54, 1.807) is 7.11 Å². The number of likely N-dealkylation sites (N-methyl/N-ethyl adjacent to an activating group) is 1. The van der Waals surface area contributed by atoms with Gasteiger partial charge in [-0.3, -0.25) is 9.69 Å². The molecule has 0 unspecified atom stereocenters. The van der Waals surface area contributed by atoms with Crippen molar-refractivity contribution < 1.29 is 9.53 Å². The number of ether oxygens (including phenoxy) is 1. The number of methoxy groups -OCH3 is 1. The molecule has 0 radical (unpaired) electrons. The molecule has 0 spiro atoms. The maximum absolute atomic E-state index is 12.2. The van der Waals surface area contributed by atoms with E-state index in [2.05, 4.69) is 31.3 Å². The lowest BCUT2D eigenvalue weighted by Crippen LogP contribution is -2.29. The highest BCUT2D eigenvalue weighted by atomic mass is 16.5. The third-order valence-corrected chi connectivity index (χ3v) is 4.40. The van der Waals surface area contributed by atoms with Gasteiger partial charge in [-0.2, -0.15) is 0 Å². The Bertz CT molecular complexity index is 665. The number of nitrogens with one attached hydrogen (secondary N) is 1. The maximum atomic E-state index is 12.2. The zero-order chi connectivity index (χ0) is 18.2. The highest BCUT2D eigenvalue weighted by Crippen LogP contribution is 2.20. The van der Waals surface area contributed by atoms with E-state index in [1.165, 1.54) is 5.56 Å². The summed E-state index contributed by atoms with van der Waals surface area (Å²) in [5.74, 6) is 1.37. The molecular weight excluding hydrogens is 312 g/mol. The van der Waals surface area contributed by atoms with Crippen molar-refractivity contribution in [1.82, 2.24) is 4.90 Å². The van der Waals surface area contributed by atoms with Crippen LogP contribution in [0.4, 0.5) is 5.69 Å². The van der Waals surface area contributed by atoms with Gasteiger partial charge >= 0.3 is 0 Å². The number of carbonyl (C=O) groups excluding carboxylic acids is 1. The van der Waals surface area contributed by atoms with Crippen LogP contribution in [0.5, 0.6) is 5.75 Å². The van der Waals surface area contributed by atoms with Gasteiger partial charge in [-0.05, 0) is 54.8 Å². The molecule has 134 valence electrons. The Labute approximate surface area is 150 Å². The molecule has 1 amide bonds. The summed E-state index contributed by atoms with van der Waals surface area (Å²) in [5, 5.41) is 2.96. The van der Waals surface area contributed by atoms with E-state index in [1.807, 2.05) is 48.3 Å². The van der Waals surface area contributed by atoms with Gasteiger partial charge in [0.1, 0.15) is 5.75 Å². The molecule has 0 bridgehead atoms. The maximum Gasteiger partial charge on any atom is 0.238 e. The van der Waals surface area contributed by atoms with Crippen molar-refractivity contribution in [2.45, 2.75) is 32.7 Å². The van der Waals surface area contributed by atoms with E-state index in [-0.39, 0.29) is 5.91 Å². The molecule has 1 N–H and O–H groups in total. The van der Waals surface area contributed by atoms with Crippen molar-refractivity contribution in [2.75, 3.05) is 26.0 Å². The first-order valence-corrected chi connectivity index (χ1v) is 8.73. The SMILES string of the molecule is CC[C@H](C)c1ccc(NC(=O)CN(C)Cc2ccc(OC)cc2)cc1. The van der Waals surface area contributed by atoms with E-state index in [4.69, 9.17) is 4.74 Å². The van der Waals surface area contributed by atoms with E-state index < -0.39 is 0 Å². The molecule has 25 heavy (non-hydrogen) atoms. The minimum absolute atomic E-state index is 0.00713. The molecule has 2 aromatic rings. The van der Waals surface area contributed by atoms with Crippen LogP contribution in [-0.2, 0) is 11.3 Å². The van der Waals surface area contributed by atoms with Crippen LogP contribution in [0.3, 0.4) is 0 Å². The Hall–Kier alpha value is -2.33. The Morgan fingerprint density at radius 2 is 1.76 bits per heavy atom. The van der Waals surface area contributed by atoms with Crippen LogP contribution in [0.15, 0.2) is 48.5 Å². The van der Waals surface area contributed by atoms with Gasteiger partial charge in [0.2, 0.25) is 5.91 Å². The molecule has 0 heterocycles. The fraction of sp³-hybridized carbons (Fsp3) is 0.381. The average Bonchev–Trinajstić information content (AvgIpc) is 2.62. The second-order valence-corrected chi connectivity index (χ2v) is 6.50. The fourth-order valence-corrected chi connectivity index (χ4v) is 2.67. The van der Waals surface area contributed by atoms with Crippen LogP contribution in [0.2, 0.25) is 0 Å². The van der Waals surface area contributed by atoms with Gasteiger partial charge in [-0.1, -0.05) is 38.1 Å². The number of rotatable bonds is 8. The Morgan fingerprint density at radius 3 is 2.32 bits per heavy atom. The largest absolute Gasteiger partial charge is 0.497 e. The van der Waals surface area contributed by atoms with Crippen LogP contribution in [0.1, 0.15) is 37.3 Å². The summed E-state index contributed by atoms with van der Waals surface area (Å²) in [4.78, 5) is 14.2. The van der Waals surface area contributed by atoms with Gasteiger partial charge in [-0.25, -0.2) is 0 Å². The zero-order valence-electron chi connectivity index (χ0n) is 15.6. The lowest BCUT2D eigenvalue weighted by atomic mass is 9.99. The van der Waals surface area contributed by atoms with Crippen LogP contribution in [0, 0.1) is 0 Å². The first-order chi connectivity index (χ1) is 12.0. The molecule has 0 aliphatic carbocycles. The lowest BCUT2D eigenvalue weighted by molar-refractivity contribution is -0.117. The van der Waals surface area contributed by atoms with Crippen molar-refractivity contribution in [1.29, 1.82) is 0 Å². The van der Waals surface area contributed by atoms with Crippen LogP contribution >= 0.6 is 0 Å². The first kappa shape index (κ1) is 19.0. The minimum Gasteiger partial charge on any atom is -0.497 e. The van der Waals surface area contributed by atoms with Crippen molar-refractivity contribution in [3.05, 3.63) is 59.7 Å². The predicted molar refractivity (Wildman–Crippen MR) is 103 cm³/mol. The molecule has 0 saturated heterocycles. The van der Waals surface area contributed by atoms with E-state index in [0.717, 1.165) is 23.4 Å². The monoisotopic (exact) mass is 340 g/mol. The van der Waals surface area contributed by atoms with Crippen LogP contribution in [-0.4, -0.2) is 31.5 Å². The van der Waals surface area contributed by atoms with Crippen molar-refractivity contribution >= 4 is 11.6 Å². The van der Waals surface area contributed by atoms with Crippen molar-refractivity contribution in [3.63, 3.8) is 0 Å². The third-order valence-electron chi connectivity index (χ3n) is 4.40. The standard InChI is InChI=1S/C21H28N2O2/c1-5-16(2)18-8-10-19(11-9-18)22-21(24)15-23(3)14-17-6-12-20(25-4)13-7-17/h6-13,16H,5,14-15H2,1-4H3,(H,22,24)/t16-/m0/s1. The summed E-state index contributed by atoms with van der Waals surface area (Å²) >= 11 is 0. The minimum atomic E-state index is -0.00713. The average molecular weight is 340 g/mol. The Kier molecular flexibility index (Phi) is 7.02. The topological polar surface area (TPSA) is 41.6 Å². The molecule has 2 aromatic carbocycles. The molecule has 4 heteroatoms. The third kappa shape index (κ3) is 5.91. The van der Waals surface area contributed by atoms with E-state index >= 15 is 0 Å².